The first-order chi connectivity index (χ1) is 6.00. The van der Waals surface area contributed by atoms with E-state index in [4.69, 9.17) is 9.47 Å². The Morgan fingerprint density at radius 1 is 1.46 bits per heavy atom. The van der Waals surface area contributed by atoms with Crippen LogP contribution in [-0.4, -0.2) is 32.1 Å². The molecule has 4 nitrogen and oxygen atoms in total. The number of ether oxygens (including phenoxy) is 3. The van der Waals surface area contributed by atoms with Crippen molar-refractivity contribution < 1.29 is 19.0 Å². The standard InChI is InChI=1S/C9H16O4/c1-9(2)5-6(7(10)11-3)8(12-4)13-9/h6,8H,5H2,1-4H3/t6-,8-/m0/s1. The molecule has 1 rings (SSSR count). The Morgan fingerprint density at radius 2 is 2.08 bits per heavy atom. The smallest absolute Gasteiger partial charge is 0.313 e. The first kappa shape index (κ1) is 10.5. The van der Waals surface area contributed by atoms with Crippen LogP contribution in [0, 0.1) is 5.92 Å². The molecule has 1 aliphatic rings. The molecule has 1 fully saturated rings. The van der Waals surface area contributed by atoms with Crippen LogP contribution in [0.3, 0.4) is 0 Å². The predicted octanol–water partition coefficient (Wildman–Crippen LogP) is 0.947. The Balaban J connectivity index is 2.69. The van der Waals surface area contributed by atoms with Crippen molar-refractivity contribution >= 4 is 5.97 Å². The van der Waals surface area contributed by atoms with E-state index >= 15 is 0 Å². The van der Waals surface area contributed by atoms with E-state index in [1.54, 1.807) is 0 Å². The highest BCUT2D eigenvalue weighted by Crippen LogP contribution is 2.35. The molecular weight excluding hydrogens is 172 g/mol. The third kappa shape index (κ3) is 2.19. The van der Waals surface area contributed by atoms with Crippen molar-refractivity contribution in [2.75, 3.05) is 14.2 Å². The number of carbonyl (C=O) groups is 1. The van der Waals surface area contributed by atoms with E-state index in [1.807, 2.05) is 13.8 Å². The molecule has 1 heterocycles. The van der Waals surface area contributed by atoms with E-state index in [0.29, 0.717) is 6.42 Å². The van der Waals surface area contributed by atoms with Crippen molar-refractivity contribution in [3.8, 4) is 0 Å². The minimum absolute atomic E-state index is 0.266. The van der Waals surface area contributed by atoms with Gasteiger partial charge in [0.15, 0.2) is 6.29 Å². The molecule has 0 radical (unpaired) electrons. The molecule has 0 bridgehead atoms. The first-order valence-corrected chi connectivity index (χ1v) is 4.28. The average molecular weight is 188 g/mol. The third-order valence-electron chi connectivity index (χ3n) is 2.21. The van der Waals surface area contributed by atoms with Gasteiger partial charge in [-0.2, -0.15) is 0 Å². The van der Waals surface area contributed by atoms with Gasteiger partial charge in [0.1, 0.15) is 5.92 Å². The second-order valence-electron chi connectivity index (χ2n) is 3.82. The minimum Gasteiger partial charge on any atom is -0.469 e. The van der Waals surface area contributed by atoms with Crippen LogP contribution in [0.25, 0.3) is 0 Å². The maximum atomic E-state index is 11.3. The molecule has 1 aliphatic heterocycles. The minimum atomic E-state index is -0.470. The lowest BCUT2D eigenvalue weighted by Gasteiger charge is -2.17. The van der Waals surface area contributed by atoms with Gasteiger partial charge in [-0.25, -0.2) is 0 Å². The molecule has 0 spiro atoms. The van der Waals surface area contributed by atoms with Gasteiger partial charge in [-0.1, -0.05) is 0 Å². The van der Waals surface area contributed by atoms with Crippen LogP contribution in [0.4, 0.5) is 0 Å². The maximum Gasteiger partial charge on any atom is 0.313 e. The van der Waals surface area contributed by atoms with Gasteiger partial charge in [-0.05, 0) is 20.3 Å². The highest BCUT2D eigenvalue weighted by molar-refractivity contribution is 5.73. The molecule has 0 N–H and O–H groups in total. The number of methoxy groups -OCH3 is 2. The molecule has 1 saturated heterocycles. The van der Waals surface area contributed by atoms with Gasteiger partial charge in [0.25, 0.3) is 0 Å². The lowest BCUT2D eigenvalue weighted by molar-refractivity contribution is -0.173. The van der Waals surface area contributed by atoms with Gasteiger partial charge in [0.2, 0.25) is 0 Å². The molecule has 0 amide bonds. The number of hydrogen-bond donors (Lipinski definition) is 0. The molecule has 0 aromatic carbocycles. The van der Waals surface area contributed by atoms with Crippen molar-refractivity contribution in [2.45, 2.75) is 32.2 Å². The summed E-state index contributed by atoms with van der Waals surface area (Å²) in [7, 11) is 2.91. The molecule has 0 aliphatic carbocycles. The van der Waals surface area contributed by atoms with Crippen molar-refractivity contribution in [3.63, 3.8) is 0 Å². The molecule has 13 heavy (non-hydrogen) atoms. The molecule has 0 aromatic rings. The monoisotopic (exact) mass is 188 g/mol. The summed E-state index contributed by atoms with van der Waals surface area (Å²) in [6, 6.07) is 0. The zero-order chi connectivity index (χ0) is 10.1. The lowest BCUT2D eigenvalue weighted by Crippen LogP contribution is -2.26. The summed E-state index contributed by atoms with van der Waals surface area (Å²) in [5.74, 6) is -0.567. The van der Waals surface area contributed by atoms with Gasteiger partial charge in [-0.3, -0.25) is 4.79 Å². The highest BCUT2D eigenvalue weighted by Gasteiger charge is 2.45. The zero-order valence-corrected chi connectivity index (χ0v) is 8.49. The van der Waals surface area contributed by atoms with Crippen LogP contribution in [0.5, 0.6) is 0 Å². The van der Waals surface area contributed by atoms with Crippen LogP contribution in [0.2, 0.25) is 0 Å². The van der Waals surface area contributed by atoms with E-state index in [1.165, 1.54) is 14.2 Å². The molecule has 0 aromatic heterocycles. The summed E-state index contributed by atoms with van der Waals surface area (Å²) in [4.78, 5) is 11.3. The van der Waals surface area contributed by atoms with Crippen molar-refractivity contribution in [1.82, 2.24) is 0 Å². The fraction of sp³-hybridized carbons (Fsp3) is 0.889. The Kier molecular flexibility index (Phi) is 2.93. The fourth-order valence-electron chi connectivity index (χ4n) is 1.63. The molecule has 4 heteroatoms. The van der Waals surface area contributed by atoms with Crippen molar-refractivity contribution in [1.29, 1.82) is 0 Å². The average Bonchev–Trinajstić information content (AvgIpc) is 2.39. The first-order valence-electron chi connectivity index (χ1n) is 4.28. The van der Waals surface area contributed by atoms with Crippen molar-refractivity contribution in [3.05, 3.63) is 0 Å². The van der Waals surface area contributed by atoms with Crippen molar-refractivity contribution in [2.24, 2.45) is 5.92 Å². The van der Waals surface area contributed by atoms with E-state index in [-0.39, 0.29) is 17.5 Å². The summed E-state index contributed by atoms with van der Waals surface area (Å²) in [5, 5.41) is 0. The Morgan fingerprint density at radius 3 is 2.54 bits per heavy atom. The highest BCUT2D eigenvalue weighted by atomic mass is 16.7. The second kappa shape index (κ2) is 3.64. The number of rotatable bonds is 2. The number of hydrogen-bond acceptors (Lipinski definition) is 4. The topological polar surface area (TPSA) is 44.8 Å². The van der Waals surface area contributed by atoms with Crippen LogP contribution in [0.15, 0.2) is 0 Å². The summed E-state index contributed by atoms with van der Waals surface area (Å²) in [6.45, 7) is 3.86. The van der Waals surface area contributed by atoms with E-state index in [9.17, 15) is 4.79 Å². The zero-order valence-electron chi connectivity index (χ0n) is 8.49. The lowest BCUT2D eigenvalue weighted by atomic mass is 9.97. The molecular formula is C9H16O4. The van der Waals surface area contributed by atoms with Crippen LogP contribution in [0.1, 0.15) is 20.3 Å². The predicted molar refractivity (Wildman–Crippen MR) is 46.1 cm³/mol. The summed E-state index contributed by atoms with van der Waals surface area (Å²) in [6.07, 6.45) is 0.167. The molecule has 76 valence electrons. The van der Waals surface area contributed by atoms with Gasteiger partial charge in [0, 0.05) is 7.11 Å². The number of carbonyl (C=O) groups excluding carboxylic acids is 1. The molecule has 0 saturated carbocycles. The van der Waals surface area contributed by atoms with E-state index in [0.717, 1.165) is 0 Å². The summed E-state index contributed by atoms with van der Waals surface area (Å²) >= 11 is 0. The van der Waals surface area contributed by atoms with Crippen LogP contribution >= 0.6 is 0 Å². The molecule has 2 atom stereocenters. The summed E-state index contributed by atoms with van der Waals surface area (Å²) < 4.78 is 15.2. The normalized spacial score (nSPS) is 31.7. The fourth-order valence-corrected chi connectivity index (χ4v) is 1.63. The largest absolute Gasteiger partial charge is 0.469 e. The van der Waals surface area contributed by atoms with Crippen LogP contribution < -0.4 is 0 Å². The Bertz CT molecular complexity index is 200. The second-order valence-corrected chi connectivity index (χ2v) is 3.82. The van der Waals surface area contributed by atoms with Gasteiger partial charge in [-0.15, -0.1) is 0 Å². The molecule has 0 unspecified atom stereocenters. The Labute approximate surface area is 78.2 Å². The maximum absolute atomic E-state index is 11.3. The van der Waals surface area contributed by atoms with E-state index < -0.39 is 6.29 Å². The third-order valence-corrected chi connectivity index (χ3v) is 2.21. The van der Waals surface area contributed by atoms with Gasteiger partial charge >= 0.3 is 5.97 Å². The van der Waals surface area contributed by atoms with E-state index in [2.05, 4.69) is 4.74 Å². The Hall–Kier alpha value is -0.610. The number of esters is 1. The quantitative estimate of drug-likeness (QED) is 0.605. The van der Waals surface area contributed by atoms with Gasteiger partial charge < -0.3 is 14.2 Å². The summed E-state index contributed by atoms with van der Waals surface area (Å²) in [5.41, 5.74) is -0.306. The SMILES string of the molecule is COC(=O)[C@@H]1CC(C)(C)O[C@@H]1OC. The van der Waals surface area contributed by atoms with Gasteiger partial charge in [0.05, 0.1) is 12.7 Å². The van der Waals surface area contributed by atoms with Crippen LogP contribution in [-0.2, 0) is 19.0 Å².